The molecule has 3 rings (SSSR count). The molecule has 1 saturated carbocycles. The molecule has 1 unspecified atom stereocenters. The van der Waals surface area contributed by atoms with Gasteiger partial charge in [0, 0.05) is 5.02 Å². The lowest BCUT2D eigenvalue weighted by Gasteiger charge is -2.28. The minimum Gasteiger partial charge on any atom is -0.460 e. The Balaban J connectivity index is 1.92. The number of nitrogens with one attached hydrogen (secondary N) is 1. The molecule has 0 spiro atoms. The van der Waals surface area contributed by atoms with E-state index in [1.807, 2.05) is 0 Å². The van der Waals surface area contributed by atoms with Gasteiger partial charge in [0.15, 0.2) is 0 Å². The van der Waals surface area contributed by atoms with Crippen molar-refractivity contribution in [3.8, 4) is 0 Å². The quantitative estimate of drug-likeness (QED) is 0.331. The first-order chi connectivity index (χ1) is 17.0. The Hall–Kier alpha value is -2.25. The molecular weight excluding hydrogens is 526 g/mol. The third kappa shape index (κ3) is 7.64. The van der Waals surface area contributed by atoms with E-state index in [4.69, 9.17) is 27.9 Å². The molecular formula is C28H32Cl2F3NO3. The molecule has 2 aromatic carbocycles. The summed E-state index contributed by atoms with van der Waals surface area (Å²) in [7, 11) is 0. The summed E-state index contributed by atoms with van der Waals surface area (Å²) in [4.78, 5) is 25.9. The van der Waals surface area contributed by atoms with Gasteiger partial charge < -0.3 is 10.1 Å². The lowest BCUT2D eigenvalue weighted by atomic mass is 9.81. The van der Waals surface area contributed by atoms with Crippen LogP contribution in [0.5, 0.6) is 0 Å². The van der Waals surface area contributed by atoms with Crippen molar-refractivity contribution in [3.05, 3.63) is 63.6 Å². The first kappa shape index (κ1) is 29.3. The van der Waals surface area contributed by atoms with E-state index in [2.05, 4.69) is 12.2 Å². The molecule has 9 heteroatoms. The first-order valence-corrected chi connectivity index (χ1v) is 12.9. The molecule has 3 atom stereocenters. The molecule has 0 aliphatic heterocycles. The van der Waals surface area contributed by atoms with Crippen molar-refractivity contribution in [1.29, 1.82) is 0 Å². The zero-order chi connectivity index (χ0) is 27.8. The van der Waals surface area contributed by atoms with Gasteiger partial charge in [-0.15, -0.1) is 0 Å². The highest BCUT2D eigenvalue weighted by molar-refractivity contribution is 6.33. The largest absolute Gasteiger partial charge is 0.460 e. The fraction of sp³-hybridized carbons (Fsp3) is 0.500. The number of esters is 1. The number of alkyl halides is 3. The number of halogens is 5. The van der Waals surface area contributed by atoms with Gasteiger partial charge in [-0.1, -0.05) is 55.2 Å². The Morgan fingerprint density at radius 2 is 1.59 bits per heavy atom. The number of hydrogen-bond acceptors (Lipinski definition) is 3. The van der Waals surface area contributed by atoms with E-state index in [9.17, 15) is 22.8 Å². The molecule has 4 nitrogen and oxygen atoms in total. The highest BCUT2D eigenvalue weighted by Crippen LogP contribution is 2.57. The van der Waals surface area contributed by atoms with Gasteiger partial charge in [0.1, 0.15) is 5.60 Å². The van der Waals surface area contributed by atoms with Crippen LogP contribution in [0, 0.1) is 11.3 Å². The van der Waals surface area contributed by atoms with Crippen molar-refractivity contribution >= 4 is 40.8 Å². The van der Waals surface area contributed by atoms with Gasteiger partial charge in [0.2, 0.25) is 5.91 Å². The predicted molar refractivity (Wildman–Crippen MR) is 140 cm³/mol. The standard InChI is InChI=1S/C28H32Cl2F3NO3/c1-16(28(31,32)33)24(17-6-9-19(29)10-7-17)25(36)34-22-14-18(8-11-21(22)30)20(27(5)12-13-27)15-23(35)37-26(2,3)4/h6-11,14,16,20,24H,12-13,15H2,1-5H3,(H,34,36)/t16-,20?,24+/m1/s1. The lowest BCUT2D eigenvalue weighted by Crippen LogP contribution is -2.34. The Bertz CT molecular complexity index is 1140. The van der Waals surface area contributed by atoms with Crippen molar-refractivity contribution in [2.75, 3.05) is 5.32 Å². The highest BCUT2D eigenvalue weighted by atomic mass is 35.5. The van der Waals surface area contributed by atoms with Crippen molar-refractivity contribution in [2.45, 2.75) is 77.5 Å². The molecule has 37 heavy (non-hydrogen) atoms. The van der Waals surface area contributed by atoms with Gasteiger partial charge in [-0.05, 0) is 80.3 Å². The van der Waals surface area contributed by atoms with E-state index in [1.54, 1.807) is 39.0 Å². The number of anilines is 1. The second kappa shape index (κ2) is 10.9. The summed E-state index contributed by atoms with van der Waals surface area (Å²) in [6.07, 6.45) is -2.62. The number of ether oxygens (including phenoxy) is 1. The minimum atomic E-state index is -4.60. The Kier molecular flexibility index (Phi) is 8.60. The zero-order valence-electron chi connectivity index (χ0n) is 21.5. The number of amides is 1. The van der Waals surface area contributed by atoms with Gasteiger partial charge in [0.25, 0.3) is 0 Å². The summed E-state index contributed by atoms with van der Waals surface area (Å²) >= 11 is 12.3. The van der Waals surface area contributed by atoms with Gasteiger partial charge in [0.05, 0.1) is 29.0 Å². The average Bonchev–Trinajstić information content (AvgIpc) is 3.51. The SMILES string of the molecule is C[C@H]([C@H](C(=O)Nc1cc(C(CC(=O)OC(C)(C)C)C2(C)CC2)ccc1Cl)c1ccc(Cl)cc1)C(F)(F)F. The van der Waals surface area contributed by atoms with E-state index < -0.39 is 29.5 Å². The number of hydrogen-bond donors (Lipinski definition) is 1. The molecule has 1 N–H and O–H groups in total. The van der Waals surface area contributed by atoms with Crippen LogP contribution in [0.15, 0.2) is 42.5 Å². The maximum absolute atomic E-state index is 13.7. The molecule has 2 aromatic rings. The van der Waals surface area contributed by atoms with E-state index in [1.165, 1.54) is 24.3 Å². The zero-order valence-corrected chi connectivity index (χ0v) is 23.0. The average molecular weight is 558 g/mol. The summed E-state index contributed by atoms with van der Waals surface area (Å²) in [6.45, 7) is 8.45. The number of carbonyl (C=O) groups is 2. The monoisotopic (exact) mass is 557 g/mol. The van der Waals surface area contributed by atoms with Gasteiger partial charge in [-0.2, -0.15) is 13.2 Å². The third-order valence-corrected chi connectivity index (χ3v) is 7.43. The van der Waals surface area contributed by atoms with E-state index in [0.29, 0.717) is 5.02 Å². The Labute approximate surface area is 225 Å². The fourth-order valence-electron chi connectivity index (χ4n) is 4.45. The van der Waals surface area contributed by atoms with Crippen molar-refractivity contribution < 1.29 is 27.5 Å². The van der Waals surface area contributed by atoms with Crippen LogP contribution in [0.4, 0.5) is 18.9 Å². The molecule has 0 bridgehead atoms. The van der Waals surface area contributed by atoms with Crippen molar-refractivity contribution in [2.24, 2.45) is 11.3 Å². The molecule has 0 heterocycles. The molecule has 1 aliphatic carbocycles. The summed E-state index contributed by atoms with van der Waals surface area (Å²) in [5, 5.41) is 3.15. The number of benzene rings is 2. The van der Waals surface area contributed by atoms with Crippen molar-refractivity contribution in [1.82, 2.24) is 0 Å². The summed E-state index contributed by atoms with van der Waals surface area (Å²) in [5.41, 5.74) is 0.389. The molecule has 0 aromatic heterocycles. The first-order valence-electron chi connectivity index (χ1n) is 12.1. The summed E-state index contributed by atoms with van der Waals surface area (Å²) in [6, 6.07) is 10.7. The molecule has 202 valence electrons. The summed E-state index contributed by atoms with van der Waals surface area (Å²) < 4.78 is 46.7. The topological polar surface area (TPSA) is 55.4 Å². The number of carbonyl (C=O) groups excluding carboxylic acids is 2. The van der Waals surface area contributed by atoms with Crippen molar-refractivity contribution in [3.63, 3.8) is 0 Å². The van der Waals surface area contributed by atoms with Crippen LogP contribution in [0.1, 0.15) is 76.8 Å². The maximum Gasteiger partial charge on any atom is 0.392 e. The lowest BCUT2D eigenvalue weighted by molar-refractivity contribution is -0.178. The molecule has 1 aliphatic rings. The van der Waals surface area contributed by atoms with Gasteiger partial charge in [-0.3, -0.25) is 9.59 Å². The molecule has 0 radical (unpaired) electrons. The number of rotatable bonds is 8. The second-order valence-corrected chi connectivity index (χ2v) is 11.9. The minimum absolute atomic E-state index is 0.122. The van der Waals surface area contributed by atoms with Crippen LogP contribution in [0.25, 0.3) is 0 Å². The van der Waals surface area contributed by atoms with E-state index >= 15 is 0 Å². The normalized spacial score (nSPS) is 17.5. The highest BCUT2D eigenvalue weighted by Gasteiger charge is 2.47. The van der Waals surface area contributed by atoms with Crippen LogP contribution < -0.4 is 5.32 Å². The van der Waals surface area contributed by atoms with Gasteiger partial charge in [-0.25, -0.2) is 0 Å². The van der Waals surface area contributed by atoms with Crippen LogP contribution in [0.3, 0.4) is 0 Å². The molecule has 1 amide bonds. The Morgan fingerprint density at radius 3 is 2.11 bits per heavy atom. The van der Waals surface area contributed by atoms with Gasteiger partial charge >= 0.3 is 12.1 Å². The molecule has 1 fully saturated rings. The van der Waals surface area contributed by atoms with E-state index in [-0.39, 0.29) is 40.0 Å². The van der Waals surface area contributed by atoms with E-state index in [0.717, 1.165) is 25.3 Å². The van der Waals surface area contributed by atoms with Crippen LogP contribution in [-0.2, 0) is 14.3 Å². The van der Waals surface area contributed by atoms with Crippen LogP contribution in [0.2, 0.25) is 10.0 Å². The summed E-state index contributed by atoms with van der Waals surface area (Å²) in [5.74, 6) is -4.85. The smallest absolute Gasteiger partial charge is 0.392 e. The van der Waals surface area contributed by atoms with Crippen LogP contribution >= 0.6 is 23.2 Å². The third-order valence-electron chi connectivity index (χ3n) is 6.85. The maximum atomic E-state index is 13.7. The Morgan fingerprint density at radius 1 is 1.03 bits per heavy atom. The second-order valence-electron chi connectivity index (χ2n) is 11.1. The van der Waals surface area contributed by atoms with Crippen LogP contribution in [-0.4, -0.2) is 23.7 Å². The fourth-order valence-corrected chi connectivity index (χ4v) is 4.74. The molecule has 0 saturated heterocycles. The predicted octanol–water partition coefficient (Wildman–Crippen LogP) is 8.53.